The lowest BCUT2D eigenvalue weighted by Gasteiger charge is -2.68. The van der Waals surface area contributed by atoms with Gasteiger partial charge in [-0.1, -0.05) is 49.7 Å². The number of hydrogen-bond acceptors (Lipinski definition) is 5. The molecule has 0 unspecified atom stereocenters. The van der Waals surface area contributed by atoms with Crippen molar-refractivity contribution < 1.29 is 20.1 Å². The molecule has 0 aromatic heterocycles. The largest absolute Gasteiger partial charge is 0.393 e. The number of carbonyl (C=O) groups is 1. The van der Waals surface area contributed by atoms with Gasteiger partial charge in [0.05, 0.1) is 17.8 Å². The van der Waals surface area contributed by atoms with Gasteiger partial charge in [-0.2, -0.15) is 0 Å². The monoisotopic (exact) mass is 758 g/mol. The van der Waals surface area contributed by atoms with Gasteiger partial charge in [-0.05, 0) is 212 Å². The Morgan fingerprint density at radius 3 is 2.55 bits per heavy atom. The first-order valence-corrected chi connectivity index (χ1v) is 23.2. The van der Waals surface area contributed by atoms with Crippen molar-refractivity contribution in [2.45, 2.75) is 147 Å². The van der Waals surface area contributed by atoms with E-state index in [2.05, 4.69) is 67.3 Å². The third-order valence-corrected chi connectivity index (χ3v) is 19.6. The van der Waals surface area contributed by atoms with E-state index < -0.39 is 5.60 Å². The highest BCUT2D eigenvalue weighted by Gasteiger charge is 2.73. The molecular formula is C51H67NO4. The maximum absolute atomic E-state index is 12.3. The molecule has 5 heteroatoms. The minimum atomic E-state index is -0.603. The highest BCUT2D eigenvalue weighted by molar-refractivity contribution is 6.00. The number of carbonyl (C=O) groups excluding carboxylic acids is 1. The van der Waals surface area contributed by atoms with Crippen LogP contribution in [0.4, 0.5) is 0 Å². The fourth-order valence-electron chi connectivity index (χ4n) is 17.6. The van der Waals surface area contributed by atoms with E-state index in [4.69, 9.17) is 0 Å². The predicted octanol–water partition coefficient (Wildman–Crippen LogP) is 9.29. The summed E-state index contributed by atoms with van der Waals surface area (Å²) in [5.41, 5.74) is 2.27. The van der Waals surface area contributed by atoms with E-state index in [0.717, 1.165) is 63.3 Å². The molecule has 2 aliphatic heterocycles. The molecule has 8 aliphatic rings. The first-order chi connectivity index (χ1) is 27.0. The van der Waals surface area contributed by atoms with E-state index in [-0.39, 0.29) is 34.4 Å². The van der Waals surface area contributed by atoms with Crippen LogP contribution in [0.5, 0.6) is 0 Å². The number of aliphatic hydroxyl groups is 3. The van der Waals surface area contributed by atoms with Gasteiger partial charge in [0.1, 0.15) is 6.29 Å². The molecule has 6 saturated carbocycles. The number of fused-ring (bicyclic) bond motifs is 6. The van der Waals surface area contributed by atoms with Crippen molar-refractivity contribution in [3.8, 4) is 0 Å². The van der Waals surface area contributed by atoms with Crippen molar-refractivity contribution in [2.24, 2.45) is 63.6 Å². The highest BCUT2D eigenvalue weighted by Crippen LogP contribution is 2.78. The molecule has 2 spiro atoms. The van der Waals surface area contributed by atoms with Gasteiger partial charge in [0.15, 0.2) is 0 Å². The normalized spacial score (nSPS) is 46.9. The summed E-state index contributed by atoms with van der Waals surface area (Å²) in [7, 11) is 0. The maximum atomic E-state index is 12.3. The SMILES string of the molecule is C[C@@H]1CC[C@H]2N(C1)C[C@H]1[C@H]3C[C@H]4[C@@]56CCC[C@@]4(C[C@H](O)[C@H]5C[C@@H](O)[C@@]4(CC[C@H](CCc5ccc7cc8cccc(CC=O)c8cc7c5)C4)C6)[C@H]3CC[C@H]1[C@]2(C)O. The Labute approximate surface area is 335 Å². The molecular weight excluding hydrogens is 691 g/mol. The van der Waals surface area contributed by atoms with Gasteiger partial charge in [-0.25, -0.2) is 0 Å². The summed E-state index contributed by atoms with van der Waals surface area (Å²) >= 11 is 0. The van der Waals surface area contributed by atoms with E-state index in [1.807, 2.05) is 0 Å². The summed E-state index contributed by atoms with van der Waals surface area (Å²) < 4.78 is 0. The number of rotatable bonds is 5. The Kier molecular flexibility index (Phi) is 8.59. The zero-order valence-electron chi connectivity index (χ0n) is 34.2. The Bertz CT molecular complexity index is 2030. The number of aldehydes is 1. The standard InChI is InChI=1S/C51H67NO4/c1-31-7-14-46-48(2,56)41-12-13-42-39(40(41)29-52(46)28-31)24-45-50(42)17-4-18-51(45)30-49(47(55)25-43(51)44(54)27-50)19-15-33(26-49)9-8-32-10-11-35-22-36-6-3-5-34(16-20-53)38(36)23-37(35)21-32/h3,5-6,10-11,20-23,31,33,39-47,54-56H,4,7-9,12-19,24-30H2,1-2H3/t31-,33+,39-,40+,41-,42+,43-,44+,45-,46-,47-,48+,49-,50-,51-/m1/s1. The number of aliphatic hydroxyl groups excluding tert-OH is 2. The van der Waals surface area contributed by atoms with E-state index in [0.29, 0.717) is 53.9 Å². The van der Waals surface area contributed by atoms with Crippen molar-refractivity contribution in [3.05, 3.63) is 59.7 Å². The van der Waals surface area contributed by atoms with Crippen LogP contribution in [-0.4, -0.2) is 63.4 Å². The molecule has 3 N–H and O–H groups in total. The molecule has 300 valence electrons. The molecule has 6 aliphatic carbocycles. The van der Waals surface area contributed by atoms with Gasteiger partial charge in [0.2, 0.25) is 0 Å². The molecule has 5 nitrogen and oxygen atoms in total. The number of aryl methyl sites for hydroxylation is 1. The highest BCUT2D eigenvalue weighted by atomic mass is 16.3. The van der Waals surface area contributed by atoms with Crippen LogP contribution in [-0.2, 0) is 17.6 Å². The summed E-state index contributed by atoms with van der Waals surface area (Å²) in [5, 5.41) is 41.7. The van der Waals surface area contributed by atoms with Crippen LogP contribution in [0.2, 0.25) is 0 Å². The lowest BCUT2D eigenvalue weighted by molar-refractivity contribution is -0.231. The minimum absolute atomic E-state index is 0.0133. The fourth-order valence-corrected chi connectivity index (χ4v) is 17.6. The van der Waals surface area contributed by atoms with Crippen molar-refractivity contribution in [3.63, 3.8) is 0 Å². The van der Waals surface area contributed by atoms with Gasteiger partial charge in [-0.3, -0.25) is 4.90 Å². The number of piperidine rings is 2. The van der Waals surface area contributed by atoms with Crippen LogP contribution < -0.4 is 0 Å². The topological polar surface area (TPSA) is 81.0 Å². The van der Waals surface area contributed by atoms with Crippen LogP contribution in [0.3, 0.4) is 0 Å². The molecule has 0 radical (unpaired) electrons. The summed E-state index contributed by atoms with van der Waals surface area (Å²) in [4.78, 5) is 14.1. The quantitative estimate of drug-likeness (QED) is 0.179. The zero-order chi connectivity index (χ0) is 38.2. The number of nitrogens with zero attached hydrogens (tertiary/aromatic N) is 1. The van der Waals surface area contributed by atoms with E-state index >= 15 is 0 Å². The van der Waals surface area contributed by atoms with Crippen LogP contribution in [0.25, 0.3) is 21.5 Å². The smallest absolute Gasteiger partial charge is 0.124 e. The summed E-state index contributed by atoms with van der Waals surface area (Å²) in [6.07, 6.45) is 19.4. The Hall–Kier alpha value is -2.31. The van der Waals surface area contributed by atoms with Gasteiger partial charge < -0.3 is 20.1 Å². The van der Waals surface area contributed by atoms with Crippen molar-refractivity contribution in [1.29, 1.82) is 0 Å². The van der Waals surface area contributed by atoms with Gasteiger partial charge in [0.25, 0.3) is 0 Å². The molecule has 2 saturated heterocycles. The zero-order valence-corrected chi connectivity index (χ0v) is 34.2. The third-order valence-electron chi connectivity index (χ3n) is 19.6. The minimum Gasteiger partial charge on any atom is -0.393 e. The second-order valence-corrected chi connectivity index (χ2v) is 22.0. The van der Waals surface area contributed by atoms with Crippen LogP contribution in [0.15, 0.2) is 48.5 Å². The van der Waals surface area contributed by atoms with Gasteiger partial charge in [0, 0.05) is 25.6 Å². The third kappa shape index (κ3) is 5.27. The number of hydrogen-bond donors (Lipinski definition) is 3. The van der Waals surface area contributed by atoms with E-state index in [1.54, 1.807) is 0 Å². The van der Waals surface area contributed by atoms with E-state index in [1.165, 1.54) is 91.4 Å². The lowest BCUT2D eigenvalue weighted by Crippen LogP contribution is -2.67. The second kappa shape index (κ2) is 13.1. The second-order valence-electron chi connectivity index (χ2n) is 22.0. The molecule has 15 atom stereocenters. The van der Waals surface area contributed by atoms with Crippen molar-refractivity contribution >= 4 is 27.8 Å². The molecule has 8 fully saturated rings. The molecule has 0 amide bonds. The molecule has 11 rings (SSSR count). The van der Waals surface area contributed by atoms with Crippen LogP contribution >= 0.6 is 0 Å². The molecule has 2 bridgehead atoms. The lowest BCUT2D eigenvalue weighted by atomic mass is 9.38. The van der Waals surface area contributed by atoms with Gasteiger partial charge in [-0.15, -0.1) is 0 Å². The summed E-state index contributed by atoms with van der Waals surface area (Å²) in [5.74, 6) is 4.58. The maximum Gasteiger partial charge on any atom is 0.124 e. The van der Waals surface area contributed by atoms with Gasteiger partial charge >= 0.3 is 0 Å². The average Bonchev–Trinajstić information content (AvgIpc) is 3.75. The molecule has 2 heterocycles. The van der Waals surface area contributed by atoms with E-state index in [9.17, 15) is 20.1 Å². The van der Waals surface area contributed by atoms with Crippen molar-refractivity contribution in [1.82, 2.24) is 4.90 Å². The molecule has 3 aromatic carbocycles. The fraction of sp³-hybridized carbons (Fsp3) is 0.706. The Balaban J connectivity index is 0.844. The molecule has 56 heavy (non-hydrogen) atoms. The average molecular weight is 758 g/mol. The van der Waals surface area contributed by atoms with Crippen LogP contribution in [0, 0.1) is 63.6 Å². The van der Waals surface area contributed by atoms with Crippen molar-refractivity contribution in [2.75, 3.05) is 13.1 Å². The summed E-state index contributed by atoms with van der Waals surface area (Å²) in [6, 6.07) is 18.1. The Morgan fingerprint density at radius 1 is 0.821 bits per heavy atom. The molecule has 3 aromatic rings. The predicted molar refractivity (Wildman–Crippen MR) is 223 cm³/mol. The first-order valence-electron chi connectivity index (χ1n) is 23.2. The van der Waals surface area contributed by atoms with Crippen LogP contribution in [0.1, 0.15) is 121 Å². The summed E-state index contributed by atoms with van der Waals surface area (Å²) in [6.45, 7) is 6.95. The first kappa shape index (κ1) is 36.7. The Morgan fingerprint density at radius 2 is 1.68 bits per heavy atom. The number of benzene rings is 3.